The number of aromatic amines is 1. The molecule has 2 rings (SSSR count). The quantitative estimate of drug-likeness (QED) is 0.823. The molecule has 0 fully saturated rings. The molecule has 2 aromatic rings. The van der Waals surface area contributed by atoms with Crippen LogP contribution in [0.2, 0.25) is 0 Å². The molecule has 1 aromatic carbocycles. The SMILES string of the molecule is CSCc1cc(S(C)(=O)=O)ccc1C(=O)c1c(C)[nH]n(C)c1=O. The van der Waals surface area contributed by atoms with E-state index in [-0.39, 0.29) is 10.5 Å². The summed E-state index contributed by atoms with van der Waals surface area (Å²) in [7, 11) is -1.81. The minimum Gasteiger partial charge on any atom is -0.299 e. The van der Waals surface area contributed by atoms with Gasteiger partial charge >= 0.3 is 0 Å². The van der Waals surface area contributed by atoms with Gasteiger partial charge in [0.2, 0.25) is 5.78 Å². The maximum Gasteiger partial charge on any atom is 0.277 e. The third-order valence-corrected chi connectivity index (χ3v) is 5.22. The van der Waals surface area contributed by atoms with E-state index in [9.17, 15) is 18.0 Å². The van der Waals surface area contributed by atoms with Crippen LogP contribution in [-0.4, -0.2) is 36.5 Å². The Labute approximate surface area is 138 Å². The van der Waals surface area contributed by atoms with E-state index in [0.717, 1.165) is 6.26 Å². The fraction of sp³-hybridized carbons (Fsp3) is 0.333. The van der Waals surface area contributed by atoms with Gasteiger partial charge in [-0.1, -0.05) is 0 Å². The molecule has 23 heavy (non-hydrogen) atoms. The summed E-state index contributed by atoms with van der Waals surface area (Å²) < 4.78 is 24.7. The standard InChI is InChI=1S/C15H18N2O4S2/c1-9-13(15(19)17(2)16-9)14(18)12-6-5-11(23(4,20)21)7-10(12)8-22-3/h5-7,16H,8H2,1-4H3. The normalized spacial score (nSPS) is 11.7. The maximum atomic E-state index is 12.8. The Balaban J connectivity index is 2.63. The van der Waals surface area contributed by atoms with E-state index in [2.05, 4.69) is 5.10 Å². The summed E-state index contributed by atoms with van der Waals surface area (Å²) in [4.78, 5) is 25.0. The van der Waals surface area contributed by atoms with E-state index in [1.54, 1.807) is 14.0 Å². The Morgan fingerprint density at radius 1 is 1.35 bits per heavy atom. The van der Waals surface area contributed by atoms with Crippen molar-refractivity contribution in [3.05, 3.63) is 50.9 Å². The highest BCUT2D eigenvalue weighted by molar-refractivity contribution is 7.97. The van der Waals surface area contributed by atoms with Gasteiger partial charge in [0.15, 0.2) is 9.84 Å². The van der Waals surface area contributed by atoms with E-state index in [1.165, 1.54) is 34.6 Å². The average Bonchev–Trinajstić information content (AvgIpc) is 2.71. The van der Waals surface area contributed by atoms with E-state index < -0.39 is 21.2 Å². The van der Waals surface area contributed by atoms with E-state index in [1.807, 2.05) is 6.26 Å². The van der Waals surface area contributed by atoms with Gasteiger partial charge in [0, 0.05) is 30.3 Å². The predicted octanol–water partition coefficient (Wildman–Crippen LogP) is 1.52. The number of ketones is 1. The lowest BCUT2D eigenvalue weighted by Gasteiger charge is -2.09. The molecule has 0 aliphatic heterocycles. The van der Waals surface area contributed by atoms with Crippen LogP contribution in [0.15, 0.2) is 27.9 Å². The van der Waals surface area contributed by atoms with Crippen LogP contribution < -0.4 is 5.56 Å². The number of aryl methyl sites for hydroxylation is 2. The molecule has 0 amide bonds. The molecule has 0 bridgehead atoms. The summed E-state index contributed by atoms with van der Waals surface area (Å²) in [6, 6.07) is 4.39. The number of nitrogens with zero attached hydrogens (tertiary/aromatic N) is 1. The second kappa shape index (κ2) is 6.37. The molecule has 0 aliphatic carbocycles. The first-order chi connectivity index (χ1) is 10.7. The topological polar surface area (TPSA) is 89.0 Å². The van der Waals surface area contributed by atoms with Crippen molar-refractivity contribution in [3.8, 4) is 0 Å². The summed E-state index contributed by atoms with van der Waals surface area (Å²) in [6.45, 7) is 1.66. The first-order valence-electron chi connectivity index (χ1n) is 6.79. The van der Waals surface area contributed by atoms with Gasteiger partial charge in [-0.25, -0.2) is 8.42 Å². The molecule has 0 saturated heterocycles. The fourth-order valence-electron chi connectivity index (χ4n) is 2.39. The number of nitrogens with one attached hydrogen (secondary N) is 1. The van der Waals surface area contributed by atoms with Gasteiger partial charge in [0.05, 0.1) is 4.90 Å². The third-order valence-electron chi connectivity index (χ3n) is 3.51. The summed E-state index contributed by atoms with van der Waals surface area (Å²) in [5, 5.41) is 2.80. The Morgan fingerprint density at radius 3 is 2.48 bits per heavy atom. The van der Waals surface area contributed by atoms with Gasteiger partial charge in [-0.2, -0.15) is 11.8 Å². The smallest absolute Gasteiger partial charge is 0.277 e. The molecular weight excluding hydrogens is 336 g/mol. The molecule has 0 atom stereocenters. The van der Waals surface area contributed by atoms with Crippen LogP contribution in [0.25, 0.3) is 0 Å². The minimum atomic E-state index is -3.36. The first kappa shape index (κ1) is 17.6. The van der Waals surface area contributed by atoms with Crippen LogP contribution in [0.1, 0.15) is 27.2 Å². The fourth-order valence-corrected chi connectivity index (χ4v) is 3.61. The Bertz CT molecular complexity index is 923. The number of H-pyrrole nitrogens is 1. The Morgan fingerprint density at radius 2 is 2.00 bits per heavy atom. The largest absolute Gasteiger partial charge is 0.299 e. The second-order valence-electron chi connectivity index (χ2n) is 5.33. The molecular formula is C15H18N2O4S2. The molecule has 6 nitrogen and oxygen atoms in total. The highest BCUT2D eigenvalue weighted by atomic mass is 32.2. The van der Waals surface area contributed by atoms with E-state index in [0.29, 0.717) is 22.6 Å². The van der Waals surface area contributed by atoms with Crippen LogP contribution in [-0.2, 0) is 22.6 Å². The predicted molar refractivity (Wildman–Crippen MR) is 91.0 cm³/mol. The number of hydrogen-bond donors (Lipinski definition) is 1. The Kier molecular flexibility index (Phi) is 4.86. The maximum absolute atomic E-state index is 12.8. The minimum absolute atomic E-state index is 0.0851. The van der Waals surface area contributed by atoms with Crippen LogP contribution in [0.3, 0.4) is 0 Å². The number of sulfone groups is 1. The monoisotopic (exact) mass is 354 g/mol. The third kappa shape index (κ3) is 3.42. The summed E-state index contributed by atoms with van der Waals surface area (Å²) in [5.41, 5.74) is 1.14. The highest BCUT2D eigenvalue weighted by Crippen LogP contribution is 2.22. The molecule has 124 valence electrons. The molecule has 1 aromatic heterocycles. The molecule has 8 heteroatoms. The number of carbonyl (C=O) groups is 1. The lowest BCUT2D eigenvalue weighted by Crippen LogP contribution is -2.20. The zero-order valence-corrected chi connectivity index (χ0v) is 15.0. The lowest BCUT2D eigenvalue weighted by atomic mass is 9.99. The molecule has 0 saturated carbocycles. The van der Waals surface area contributed by atoms with Crippen molar-refractivity contribution in [1.82, 2.24) is 9.78 Å². The average molecular weight is 354 g/mol. The number of benzene rings is 1. The van der Waals surface area contributed by atoms with Gasteiger partial charge in [-0.05, 0) is 36.9 Å². The van der Waals surface area contributed by atoms with Gasteiger partial charge in [0.25, 0.3) is 5.56 Å². The van der Waals surface area contributed by atoms with Gasteiger partial charge < -0.3 is 0 Å². The van der Waals surface area contributed by atoms with E-state index in [4.69, 9.17) is 0 Å². The van der Waals surface area contributed by atoms with Crippen LogP contribution >= 0.6 is 11.8 Å². The van der Waals surface area contributed by atoms with Crippen molar-refractivity contribution < 1.29 is 13.2 Å². The summed E-state index contributed by atoms with van der Waals surface area (Å²) in [6.07, 6.45) is 2.99. The van der Waals surface area contributed by atoms with Crippen molar-refractivity contribution in [2.24, 2.45) is 7.05 Å². The van der Waals surface area contributed by atoms with Crippen molar-refractivity contribution >= 4 is 27.4 Å². The zero-order chi connectivity index (χ0) is 17.4. The lowest BCUT2D eigenvalue weighted by molar-refractivity contribution is 0.103. The molecule has 0 radical (unpaired) electrons. The number of rotatable bonds is 5. The summed E-state index contributed by atoms with van der Waals surface area (Å²) >= 11 is 1.48. The highest BCUT2D eigenvalue weighted by Gasteiger charge is 2.22. The van der Waals surface area contributed by atoms with Crippen molar-refractivity contribution in [2.75, 3.05) is 12.5 Å². The summed E-state index contributed by atoms with van der Waals surface area (Å²) in [5.74, 6) is 0.0854. The molecule has 1 heterocycles. The van der Waals surface area contributed by atoms with Crippen LogP contribution in [0.4, 0.5) is 0 Å². The zero-order valence-electron chi connectivity index (χ0n) is 13.3. The van der Waals surface area contributed by atoms with Gasteiger partial charge in [-0.15, -0.1) is 0 Å². The number of hydrogen-bond acceptors (Lipinski definition) is 5. The van der Waals surface area contributed by atoms with Gasteiger partial charge in [-0.3, -0.25) is 19.4 Å². The van der Waals surface area contributed by atoms with E-state index >= 15 is 0 Å². The van der Waals surface area contributed by atoms with Crippen molar-refractivity contribution in [1.29, 1.82) is 0 Å². The van der Waals surface area contributed by atoms with Crippen LogP contribution in [0, 0.1) is 6.92 Å². The van der Waals surface area contributed by atoms with Crippen molar-refractivity contribution in [3.63, 3.8) is 0 Å². The van der Waals surface area contributed by atoms with Gasteiger partial charge in [0.1, 0.15) is 5.56 Å². The van der Waals surface area contributed by atoms with Crippen molar-refractivity contribution in [2.45, 2.75) is 17.6 Å². The molecule has 0 spiro atoms. The number of aromatic nitrogens is 2. The first-order valence-corrected chi connectivity index (χ1v) is 10.1. The molecule has 1 N–H and O–H groups in total. The second-order valence-corrected chi connectivity index (χ2v) is 8.21. The molecule has 0 unspecified atom stereocenters. The number of thioether (sulfide) groups is 1. The Hall–Kier alpha value is -1.80. The van der Waals surface area contributed by atoms with Crippen LogP contribution in [0.5, 0.6) is 0 Å². The number of carbonyl (C=O) groups excluding carboxylic acids is 1. The molecule has 0 aliphatic rings.